The van der Waals surface area contributed by atoms with E-state index in [2.05, 4.69) is 6.92 Å². The Morgan fingerprint density at radius 2 is 2.05 bits per heavy atom. The lowest BCUT2D eigenvalue weighted by molar-refractivity contribution is -0.141. The van der Waals surface area contributed by atoms with Gasteiger partial charge in [0.05, 0.1) is 12.5 Å². The molecule has 1 N–H and O–H groups in total. The van der Waals surface area contributed by atoms with Crippen molar-refractivity contribution in [2.75, 3.05) is 24.5 Å². The number of likely N-dealkylation sites (tertiary alicyclic amines) is 1. The van der Waals surface area contributed by atoms with Gasteiger partial charge in [-0.05, 0) is 38.4 Å². The van der Waals surface area contributed by atoms with Gasteiger partial charge < -0.3 is 10.0 Å². The highest BCUT2D eigenvalue weighted by atomic mass is 16.4. The van der Waals surface area contributed by atoms with Gasteiger partial charge in [-0.15, -0.1) is 0 Å². The Kier molecular flexibility index (Phi) is 5.55. The third-order valence-electron chi connectivity index (χ3n) is 4.32. The molecule has 0 aromatic heterocycles. The highest BCUT2D eigenvalue weighted by molar-refractivity contribution is 5.95. The summed E-state index contributed by atoms with van der Waals surface area (Å²) in [5.74, 6) is -1.08. The van der Waals surface area contributed by atoms with Gasteiger partial charge in [0.15, 0.2) is 0 Å². The predicted molar refractivity (Wildman–Crippen MR) is 85.9 cm³/mol. The molecule has 2 rings (SSSR count). The summed E-state index contributed by atoms with van der Waals surface area (Å²) in [6.07, 6.45) is 1.50. The van der Waals surface area contributed by atoms with Gasteiger partial charge in [0.2, 0.25) is 5.91 Å². The number of carbonyl (C=O) groups excluding carboxylic acids is 1. The van der Waals surface area contributed by atoms with Gasteiger partial charge in [0, 0.05) is 18.3 Å². The number of nitrogens with zero attached hydrogens (tertiary/aromatic N) is 2. The summed E-state index contributed by atoms with van der Waals surface area (Å²) in [7, 11) is 0. The third kappa shape index (κ3) is 3.85. The first-order chi connectivity index (χ1) is 10.5. The second kappa shape index (κ2) is 7.40. The van der Waals surface area contributed by atoms with E-state index >= 15 is 0 Å². The molecule has 5 nitrogen and oxygen atoms in total. The minimum atomic E-state index is -0.767. The van der Waals surface area contributed by atoms with E-state index in [4.69, 9.17) is 5.11 Å². The maximum Gasteiger partial charge on any atom is 0.307 e. The number of amides is 1. The summed E-state index contributed by atoms with van der Waals surface area (Å²) >= 11 is 0. The Morgan fingerprint density at radius 3 is 2.59 bits per heavy atom. The molecule has 1 amide bonds. The second-order valence-electron chi connectivity index (χ2n) is 5.92. The molecule has 1 aromatic rings. The molecule has 1 fully saturated rings. The number of hydrogen-bond acceptors (Lipinski definition) is 3. The van der Waals surface area contributed by atoms with E-state index in [1.54, 1.807) is 0 Å². The first-order valence-electron chi connectivity index (χ1n) is 7.85. The minimum Gasteiger partial charge on any atom is -0.481 e. The Labute approximate surface area is 131 Å². The average Bonchev–Trinajstić information content (AvgIpc) is 2.97. The molecule has 0 radical (unpaired) electrons. The van der Waals surface area contributed by atoms with Crippen LogP contribution in [0, 0.1) is 5.92 Å². The molecule has 5 heteroatoms. The summed E-state index contributed by atoms with van der Waals surface area (Å²) in [6.45, 7) is 5.51. The number of aliphatic carboxylic acids is 1. The van der Waals surface area contributed by atoms with Gasteiger partial charge in [0.1, 0.15) is 0 Å². The molecule has 1 saturated heterocycles. The van der Waals surface area contributed by atoms with Gasteiger partial charge in [-0.1, -0.05) is 25.1 Å². The zero-order valence-electron chi connectivity index (χ0n) is 13.2. The SMILES string of the molecule is CCC(C)N(C(=O)CN1CCC(C(=O)O)C1)c1ccccc1. The molecule has 1 aliphatic rings. The molecular weight excluding hydrogens is 280 g/mol. The predicted octanol–water partition coefficient (Wildman–Crippen LogP) is 2.22. The van der Waals surface area contributed by atoms with Crippen LogP contribution in [0.2, 0.25) is 0 Å². The molecule has 0 spiro atoms. The zero-order valence-corrected chi connectivity index (χ0v) is 13.2. The van der Waals surface area contributed by atoms with Crippen LogP contribution in [0.25, 0.3) is 0 Å². The molecule has 1 heterocycles. The molecule has 22 heavy (non-hydrogen) atoms. The number of carbonyl (C=O) groups is 2. The highest BCUT2D eigenvalue weighted by Crippen LogP contribution is 2.21. The first kappa shape index (κ1) is 16.5. The Morgan fingerprint density at radius 1 is 1.36 bits per heavy atom. The van der Waals surface area contributed by atoms with Crippen molar-refractivity contribution >= 4 is 17.6 Å². The van der Waals surface area contributed by atoms with Crippen LogP contribution in [0.4, 0.5) is 5.69 Å². The molecule has 1 aromatic carbocycles. The van der Waals surface area contributed by atoms with Crippen molar-refractivity contribution in [3.8, 4) is 0 Å². The maximum atomic E-state index is 12.7. The van der Waals surface area contributed by atoms with Crippen molar-refractivity contribution in [2.45, 2.75) is 32.7 Å². The number of benzene rings is 1. The summed E-state index contributed by atoms with van der Waals surface area (Å²) in [4.78, 5) is 27.5. The number of anilines is 1. The van der Waals surface area contributed by atoms with E-state index < -0.39 is 5.97 Å². The summed E-state index contributed by atoms with van der Waals surface area (Å²) in [5, 5.41) is 9.06. The van der Waals surface area contributed by atoms with Crippen molar-refractivity contribution in [3.05, 3.63) is 30.3 Å². The fraction of sp³-hybridized carbons (Fsp3) is 0.529. The van der Waals surface area contributed by atoms with Crippen LogP contribution in [0.3, 0.4) is 0 Å². The lowest BCUT2D eigenvalue weighted by Crippen LogP contribution is -2.44. The normalized spacial score (nSPS) is 19.8. The Hall–Kier alpha value is -1.88. The molecule has 0 saturated carbocycles. The molecule has 1 aliphatic heterocycles. The molecule has 2 atom stereocenters. The molecule has 0 aliphatic carbocycles. The number of hydrogen-bond donors (Lipinski definition) is 1. The third-order valence-corrected chi connectivity index (χ3v) is 4.32. The van der Waals surface area contributed by atoms with Gasteiger partial charge >= 0.3 is 5.97 Å². The van der Waals surface area contributed by atoms with Crippen LogP contribution in [0.15, 0.2) is 30.3 Å². The number of rotatable bonds is 6. The summed E-state index contributed by atoms with van der Waals surface area (Å²) in [5.41, 5.74) is 0.899. The highest BCUT2D eigenvalue weighted by Gasteiger charge is 2.31. The van der Waals surface area contributed by atoms with Crippen molar-refractivity contribution in [1.82, 2.24) is 4.90 Å². The van der Waals surface area contributed by atoms with Crippen LogP contribution in [0.1, 0.15) is 26.7 Å². The van der Waals surface area contributed by atoms with E-state index in [1.165, 1.54) is 0 Å². The largest absolute Gasteiger partial charge is 0.481 e. The fourth-order valence-corrected chi connectivity index (χ4v) is 2.86. The standard InChI is InChI=1S/C17H24N2O3/c1-3-13(2)19(15-7-5-4-6-8-15)16(20)12-18-10-9-14(11-18)17(21)22/h4-8,13-14H,3,9-12H2,1-2H3,(H,21,22). The van der Waals surface area contributed by atoms with E-state index in [9.17, 15) is 9.59 Å². The van der Waals surface area contributed by atoms with E-state index in [0.717, 1.165) is 12.1 Å². The Balaban J connectivity index is 2.06. The van der Waals surface area contributed by atoms with Crippen LogP contribution in [-0.4, -0.2) is 47.6 Å². The van der Waals surface area contributed by atoms with Gasteiger partial charge in [0.25, 0.3) is 0 Å². The van der Waals surface area contributed by atoms with Crippen molar-refractivity contribution < 1.29 is 14.7 Å². The van der Waals surface area contributed by atoms with Crippen molar-refractivity contribution in [2.24, 2.45) is 5.92 Å². The number of para-hydroxylation sites is 1. The Bertz CT molecular complexity index is 518. The van der Waals surface area contributed by atoms with E-state index in [1.807, 2.05) is 47.1 Å². The maximum absolute atomic E-state index is 12.7. The van der Waals surface area contributed by atoms with Crippen LogP contribution in [0.5, 0.6) is 0 Å². The van der Waals surface area contributed by atoms with E-state index in [-0.39, 0.29) is 24.4 Å². The second-order valence-corrected chi connectivity index (χ2v) is 5.92. The first-order valence-corrected chi connectivity index (χ1v) is 7.85. The quantitative estimate of drug-likeness (QED) is 0.875. The van der Waals surface area contributed by atoms with Gasteiger partial charge in [-0.2, -0.15) is 0 Å². The van der Waals surface area contributed by atoms with Crippen LogP contribution >= 0.6 is 0 Å². The van der Waals surface area contributed by atoms with Gasteiger partial charge in [-0.3, -0.25) is 14.5 Å². The van der Waals surface area contributed by atoms with Crippen LogP contribution in [-0.2, 0) is 9.59 Å². The molecule has 120 valence electrons. The molecule has 2 unspecified atom stereocenters. The molecular formula is C17H24N2O3. The fourth-order valence-electron chi connectivity index (χ4n) is 2.86. The average molecular weight is 304 g/mol. The van der Waals surface area contributed by atoms with Crippen LogP contribution < -0.4 is 4.90 Å². The smallest absolute Gasteiger partial charge is 0.307 e. The number of carboxylic acid groups (broad SMARTS) is 1. The topological polar surface area (TPSA) is 60.9 Å². The summed E-state index contributed by atoms with van der Waals surface area (Å²) < 4.78 is 0. The monoisotopic (exact) mass is 304 g/mol. The minimum absolute atomic E-state index is 0.0339. The lowest BCUT2D eigenvalue weighted by Gasteiger charge is -2.30. The van der Waals surface area contributed by atoms with Crippen molar-refractivity contribution in [3.63, 3.8) is 0 Å². The molecule has 0 bridgehead atoms. The lowest BCUT2D eigenvalue weighted by atomic mass is 10.1. The van der Waals surface area contributed by atoms with Gasteiger partial charge in [-0.25, -0.2) is 0 Å². The van der Waals surface area contributed by atoms with Crippen molar-refractivity contribution in [1.29, 1.82) is 0 Å². The zero-order chi connectivity index (χ0) is 16.1. The van der Waals surface area contributed by atoms with E-state index in [0.29, 0.717) is 19.5 Å². The summed E-state index contributed by atoms with van der Waals surface area (Å²) in [6, 6.07) is 9.78. The number of carboxylic acids is 1.